The number of amides is 4. The van der Waals surface area contributed by atoms with Gasteiger partial charge in [0.25, 0.3) is 17.6 Å². The molecule has 3 aromatic carbocycles. The van der Waals surface area contributed by atoms with Gasteiger partial charge in [-0.15, -0.1) is 0 Å². The first-order chi connectivity index (χ1) is 33.5. The molecule has 0 radical (unpaired) electrons. The van der Waals surface area contributed by atoms with Gasteiger partial charge in [0.15, 0.2) is 11.5 Å². The molecule has 5 aromatic rings. The second kappa shape index (κ2) is 21.4. The number of hydrogen-bond acceptors (Lipinski definition) is 10. The highest BCUT2D eigenvalue weighted by atomic mass is 35.5. The van der Waals surface area contributed by atoms with Crippen LogP contribution < -0.4 is 35.6 Å². The Morgan fingerprint density at radius 3 is 2.33 bits per heavy atom. The Kier molecular flexibility index (Phi) is 14.7. The number of carbonyl (C=O) groups excluding carboxylic acids is 4. The standard InChI is InChI=1S/C53H59ClN8O7/c1-35(2)49(38-7-9-41(54)10-8-38)52(66)60-25-19-53(20-26-60)68-45-15-5-37(29-46(45)69-53)6-16-47(63)55-22-27-67-28-23-56-48(64)34-61-24-18-39-30-40(31-58-50(39)61)51(65)57-21-17-36-3-13-44(14-4-36)62-32-42-11-12-43(33-62)59-42/h3-5,7-10,13-15,18,24,29-31,35,42-43,49,59H,11-12,17,19-23,25-28,32-34H2,1-2H3,(H,55,63)(H,56,64)(H,57,65)/t42-,43+,49-/m0/s1. The third kappa shape index (κ3) is 11.6. The number of piperazine rings is 1. The third-order valence-electron chi connectivity index (χ3n) is 13.3. The van der Waals surface area contributed by atoms with E-state index in [1.807, 2.05) is 35.2 Å². The van der Waals surface area contributed by atoms with E-state index in [9.17, 15) is 19.2 Å². The SMILES string of the molecule is CC(C)[C@H](C(=O)N1CCC2(CC1)Oc1ccc(C#CC(=O)NCCOCCNC(=O)Cn3ccc4cc(C(=O)NCCc5ccc(N6C[C@H]7CC[C@@H](C6)N7)cc5)cnc43)cc1O2)c1ccc(Cl)cc1. The number of carbonyl (C=O) groups is 4. The van der Waals surface area contributed by atoms with Gasteiger partial charge in [-0.3, -0.25) is 19.2 Å². The van der Waals surface area contributed by atoms with Crippen LogP contribution in [0, 0.1) is 17.8 Å². The van der Waals surface area contributed by atoms with Crippen molar-refractivity contribution in [3.05, 3.63) is 119 Å². The highest BCUT2D eigenvalue weighted by Crippen LogP contribution is 2.44. The van der Waals surface area contributed by atoms with Gasteiger partial charge >= 0.3 is 0 Å². The van der Waals surface area contributed by atoms with E-state index in [0.29, 0.717) is 77.9 Å². The Morgan fingerprint density at radius 1 is 0.870 bits per heavy atom. The predicted octanol–water partition coefficient (Wildman–Crippen LogP) is 5.43. The fraction of sp³-hybridized carbons (Fsp3) is 0.415. The van der Waals surface area contributed by atoms with E-state index >= 15 is 0 Å². The first-order valence-electron chi connectivity index (χ1n) is 24.0. The molecule has 360 valence electrons. The van der Waals surface area contributed by atoms with Crippen LogP contribution in [0.3, 0.4) is 0 Å². The molecule has 0 aliphatic carbocycles. The first kappa shape index (κ1) is 47.5. The fourth-order valence-corrected chi connectivity index (χ4v) is 9.87. The molecule has 16 heteroatoms. The Labute approximate surface area is 407 Å². The summed E-state index contributed by atoms with van der Waals surface area (Å²) >= 11 is 6.10. The molecule has 3 atom stereocenters. The number of nitrogens with zero attached hydrogens (tertiary/aromatic N) is 4. The summed E-state index contributed by atoms with van der Waals surface area (Å²) in [4.78, 5) is 60.7. The zero-order chi connectivity index (χ0) is 47.9. The molecule has 69 heavy (non-hydrogen) atoms. The molecule has 4 N–H and O–H groups in total. The Morgan fingerprint density at radius 2 is 1.59 bits per heavy atom. The Bertz CT molecular complexity index is 2710. The van der Waals surface area contributed by atoms with Crippen molar-refractivity contribution in [1.29, 1.82) is 0 Å². The molecule has 0 unspecified atom stereocenters. The number of likely N-dealkylation sites (tertiary alicyclic amines) is 1. The first-order valence-corrected chi connectivity index (χ1v) is 24.4. The maximum absolute atomic E-state index is 13.7. The van der Waals surface area contributed by atoms with Gasteiger partial charge in [-0.25, -0.2) is 4.98 Å². The topological polar surface area (TPSA) is 168 Å². The van der Waals surface area contributed by atoms with Crippen molar-refractivity contribution < 1.29 is 33.4 Å². The number of benzene rings is 3. The molecule has 2 aromatic heterocycles. The second-order valence-corrected chi connectivity index (χ2v) is 19.1. The van der Waals surface area contributed by atoms with Crippen LogP contribution in [-0.2, 0) is 32.1 Å². The molecule has 2 bridgehead atoms. The van der Waals surface area contributed by atoms with Crippen LogP contribution in [0.25, 0.3) is 11.0 Å². The molecular formula is C53H59ClN8O7. The summed E-state index contributed by atoms with van der Waals surface area (Å²) in [7, 11) is 0. The number of nitrogens with one attached hydrogen (secondary N) is 4. The maximum atomic E-state index is 13.7. The van der Waals surface area contributed by atoms with Crippen molar-refractivity contribution in [3.63, 3.8) is 0 Å². The van der Waals surface area contributed by atoms with Crippen LogP contribution in [0.2, 0.25) is 5.02 Å². The van der Waals surface area contributed by atoms with Crippen molar-refractivity contribution in [2.45, 2.75) is 76.3 Å². The lowest BCUT2D eigenvalue weighted by Crippen LogP contribution is -2.52. The minimum absolute atomic E-state index is 0.0574. The van der Waals surface area contributed by atoms with E-state index in [1.165, 1.54) is 30.3 Å². The Hall–Kier alpha value is -6.60. The van der Waals surface area contributed by atoms with Gasteiger partial charge in [-0.05, 0) is 90.9 Å². The van der Waals surface area contributed by atoms with Gasteiger partial charge in [0.1, 0.15) is 12.2 Å². The highest BCUT2D eigenvalue weighted by molar-refractivity contribution is 6.30. The van der Waals surface area contributed by atoms with Crippen molar-refractivity contribution in [1.82, 2.24) is 35.7 Å². The highest BCUT2D eigenvalue weighted by Gasteiger charge is 2.46. The zero-order valence-electron chi connectivity index (χ0n) is 39.1. The van der Waals surface area contributed by atoms with E-state index in [1.54, 1.807) is 35.0 Å². The summed E-state index contributed by atoms with van der Waals surface area (Å²) in [5.74, 6) is 4.88. The van der Waals surface area contributed by atoms with E-state index in [-0.39, 0.29) is 62.4 Å². The predicted molar refractivity (Wildman–Crippen MR) is 263 cm³/mol. The number of halogens is 1. The molecule has 0 saturated carbocycles. The monoisotopic (exact) mass is 954 g/mol. The number of hydrogen-bond donors (Lipinski definition) is 4. The van der Waals surface area contributed by atoms with Crippen LogP contribution in [0.5, 0.6) is 11.5 Å². The van der Waals surface area contributed by atoms with Crippen molar-refractivity contribution in [3.8, 4) is 23.3 Å². The van der Waals surface area contributed by atoms with Crippen molar-refractivity contribution in [2.24, 2.45) is 5.92 Å². The van der Waals surface area contributed by atoms with E-state index in [2.05, 4.69) is 81.1 Å². The van der Waals surface area contributed by atoms with Gasteiger partial charge in [-0.2, -0.15) is 0 Å². The van der Waals surface area contributed by atoms with E-state index in [0.717, 1.165) is 30.5 Å². The molecule has 6 heterocycles. The number of anilines is 1. The largest absolute Gasteiger partial charge is 0.448 e. The lowest BCUT2D eigenvalue weighted by Gasteiger charge is -2.39. The number of rotatable bonds is 16. The van der Waals surface area contributed by atoms with Crippen molar-refractivity contribution >= 4 is 52.0 Å². The van der Waals surface area contributed by atoms with Gasteiger partial charge in [0, 0.05) is 111 Å². The molecule has 4 amide bonds. The molecular weight excluding hydrogens is 896 g/mol. The minimum Gasteiger partial charge on any atom is -0.448 e. The molecule has 15 nitrogen and oxygen atoms in total. The van der Waals surface area contributed by atoms with Crippen LogP contribution >= 0.6 is 11.6 Å². The van der Waals surface area contributed by atoms with Crippen LogP contribution in [0.15, 0.2) is 91.3 Å². The fourth-order valence-electron chi connectivity index (χ4n) is 9.74. The summed E-state index contributed by atoms with van der Waals surface area (Å²) in [5, 5.41) is 13.7. The number of aromatic nitrogens is 2. The lowest BCUT2D eigenvalue weighted by atomic mass is 9.86. The second-order valence-electron chi connectivity index (χ2n) is 18.6. The number of pyridine rings is 1. The summed E-state index contributed by atoms with van der Waals surface area (Å²) < 4.78 is 20.0. The smallest absolute Gasteiger partial charge is 0.296 e. The minimum atomic E-state index is -0.860. The molecule has 3 fully saturated rings. The van der Waals surface area contributed by atoms with Crippen molar-refractivity contribution in [2.75, 3.05) is 63.9 Å². The van der Waals surface area contributed by atoms with Gasteiger partial charge in [0.2, 0.25) is 11.8 Å². The number of fused-ring (bicyclic) bond motifs is 4. The maximum Gasteiger partial charge on any atom is 0.296 e. The van der Waals surface area contributed by atoms with Crippen LogP contribution in [0.4, 0.5) is 5.69 Å². The molecule has 3 saturated heterocycles. The number of piperidine rings is 1. The summed E-state index contributed by atoms with van der Waals surface area (Å²) in [6.07, 6.45) is 7.58. The molecule has 1 spiro atoms. The molecule has 9 rings (SSSR count). The quantitative estimate of drug-likeness (QED) is 0.0740. The van der Waals surface area contributed by atoms with Gasteiger partial charge in [0.05, 0.1) is 24.7 Å². The van der Waals surface area contributed by atoms with Crippen LogP contribution in [-0.4, -0.2) is 115 Å². The van der Waals surface area contributed by atoms with Crippen LogP contribution in [0.1, 0.15) is 72.5 Å². The van der Waals surface area contributed by atoms with E-state index < -0.39 is 11.7 Å². The number of ether oxygens (including phenoxy) is 3. The normalized spacial score (nSPS) is 18.2. The zero-order valence-corrected chi connectivity index (χ0v) is 39.9. The molecule has 4 aliphatic heterocycles. The van der Waals surface area contributed by atoms with Gasteiger partial charge < -0.3 is 49.8 Å². The van der Waals surface area contributed by atoms with E-state index in [4.69, 9.17) is 25.8 Å². The molecule has 4 aliphatic rings. The van der Waals surface area contributed by atoms with Gasteiger partial charge in [-0.1, -0.05) is 55.6 Å². The summed E-state index contributed by atoms with van der Waals surface area (Å²) in [5.41, 5.74) is 5.04. The summed E-state index contributed by atoms with van der Waals surface area (Å²) in [6.45, 7) is 8.81. The third-order valence-corrected chi connectivity index (χ3v) is 13.6. The average molecular weight is 956 g/mol. The Balaban J connectivity index is 0.639. The lowest BCUT2D eigenvalue weighted by molar-refractivity contribution is -0.148. The summed E-state index contributed by atoms with van der Waals surface area (Å²) in [6, 6.07) is 26.3. The average Bonchev–Trinajstić information content (AvgIpc) is 4.03.